The summed E-state index contributed by atoms with van der Waals surface area (Å²) >= 11 is 0. The van der Waals surface area contributed by atoms with E-state index in [0.717, 1.165) is 36.9 Å². The first kappa shape index (κ1) is 14.6. The highest BCUT2D eigenvalue weighted by Gasteiger charge is 2.34. The van der Waals surface area contributed by atoms with Crippen molar-refractivity contribution in [1.29, 1.82) is 0 Å². The van der Waals surface area contributed by atoms with E-state index in [1.54, 1.807) is 4.68 Å². The maximum Gasteiger partial charge on any atom is 0.224 e. The highest BCUT2D eigenvalue weighted by molar-refractivity contribution is 5.79. The third-order valence-corrected chi connectivity index (χ3v) is 4.18. The fourth-order valence-electron chi connectivity index (χ4n) is 2.95. The molecule has 0 unspecified atom stereocenters. The highest BCUT2D eigenvalue weighted by atomic mass is 16.3. The summed E-state index contributed by atoms with van der Waals surface area (Å²) in [5.41, 5.74) is 1.35. The van der Waals surface area contributed by atoms with E-state index in [1.165, 1.54) is 6.33 Å². The molecule has 2 N–H and O–H groups in total. The van der Waals surface area contributed by atoms with Gasteiger partial charge >= 0.3 is 0 Å². The number of hydrogen-bond donors (Lipinski definition) is 2. The number of hydrogen-bond acceptors (Lipinski definition) is 5. The molecular weight excluding hydrogens is 282 g/mol. The quantitative estimate of drug-likeness (QED) is 0.845. The maximum atomic E-state index is 12.2. The zero-order valence-electron chi connectivity index (χ0n) is 12.3. The fourth-order valence-corrected chi connectivity index (χ4v) is 2.95. The smallest absolute Gasteiger partial charge is 0.224 e. The van der Waals surface area contributed by atoms with Crippen molar-refractivity contribution in [3.8, 4) is 5.69 Å². The van der Waals surface area contributed by atoms with Crippen LogP contribution in [0.5, 0.6) is 0 Å². The number of amides is 1. The topological polar surface area (TPSA) is 92.9 Å². The number of tetrazole rings is 1. The molecule has 1 amide bonds. The summed E-state index contributed by atoms with van der Waals surface area (Å²) in [7, 11) is 0. The average Bonchev–Trinajstić information content (AvgIpc) is 3.20. The van der Waals surface area contributed by atoms with E-state index in [0.29, 0.717) is 6.42 Å². The van der Waals surface area contributed by atoms with Crippen LogP contribution >= 0.6 is 0 Å². The number of rotatable bonds is 5. The Kier molecular flexibility index (Phi) is 4.15. The number of carbonyl (C=O) groups excluding carboxylic acids is 1. The van der Waals surface area contributed by atoms with Gasteiger partial charge in [-0.05, 0) is 41.0 Å². The Bertz CT molecular complexity index is 618. The van der Waals surface area contributed by atoms with Crippen molar-refractivity contribution in [2.75, 3.05) is 6.61 Å². The number of carbonyl (C=O) groups is 1. The predicted molar refractivity (Wildman–Crippen MR) is 79.3 cm³/mol. The first-order chi connectivity index (χ1) is 10.7. The predicted octanol–water partition coefficient (Wildman–Crippen LogP) is 0.626. The van der Waals surface area contributed by atoms with Gasteiger partial charge in [0.25, 0.3) is 0 Å². The van der Waals surface area contributed by atoms with Gasteiger partial charge in [-0.1, -0.05) is 25.0 Å². The lowest BCUT2D eigenvalue weighted by molar-refractivity contribution is -0.122. The molecule has 1 aliphatic carbocycles. The van der Waals surface area contributed by atoms with E-state index in [9.17, 15) is 9.90 Å². The van der Waals surface area contributed by atoms with E-state index in [2.05, 4.69) is 20.8 Å². The largest absolute Gasteiger partial charge is 0.394 e. The molecule has 7 nitrogen and oxygen atoms in total. The van der Waals surface area contributed by atoms with Crippen LogP contribution in [0, 0.1) is 0 Å². The standard InChI is InChI=1S/C15H19N5O2/c21-10-15(7-1-2-8-15)17-14(22)9-12-3-5-13(6-4-12)20-11-16-18-19-20/h3-6,11,21H,1-2,7-10H2,(H,17,22). The summed E-state index contributed by atoms with van der Waals surface area (Å²) in [6.07, 6.45) is 5.65. The Morgan fingerprint density at radius 1 is 1.27 bits per heavy atom. The van der Waals surface area contributed by atoms with Crippen LogP contribution in [0.3, 0.4) is 0 Å². The van der Waals surface area contributed by atoms with Crippen molar-refractivity contribution in [1.82, 2.24) is 25.5 Å². The van der Waals surface area contributed by atoms with E-state index < -0.39 is 5.54 Å². The molecule has 0 aliphatic heterocycles. The lowest BCUT2D eigenvalue weighted by atomic mass is 9.98. The molecule has 1 aromatic heterocycles. The summed E-state index contributed by atoms with van der Waals surface area (Å²) in [5.74, 6) is -0.0499. The van der Waals surface area contributed by atoms with Crippen LogP contribution in [0.25, 0.3) is 5.69 Å². The number of aliphatic hydroxyl groups excluding tert-OH is 1. The van der Waals surface area contributed by atoms with Crippen LogP contribution < -0.4 is 5.32 Å². The summed E-state index contributed by atoms with van der Waals surface area (Å²) in [6, 6.07) is 7.51. The van der Waals surface area contributed by atoms with E-state index >= 15 is 0 Å². The minimum Gasteiger partial charge on any atom is -0.394 e. The SMILES string of the molecule is O=C(Cc1ccc(-n2cnnn2)cc1)NC1(CO)CCCC1. The molecule has 22 heavy (non-hydrogen) atoms. The lowest BCUT2D eigenvalue weighted by Crippen LogP contribution is -2.49. The van der Waals surface area contributed by atoms with Gasteiger partial charge in [0.2, 0.25) is 5.91 Å². The molecule has 2 aromatic rings. The summed E-state index contributed by atoms with van der Waals surface area (Å²) in [4.78, 5) is 12.2. The van der Waals surface area contributed by atoms with Gasteiger partial charge in [-0.15, -0.1) is 5.10 Å². The van der Waals surface area contributed by atoms with Crippen LogP contribution in [0.2, 0.25) is 0 Å². The molecule has 0 spiro atoms. The van der Waals surface area contributed by atoms with Crippen LogP contribution in [-0.4, -0.2) is 43.4 Å². The number of nitrogens with zero attached hydrogens (tertiary/aromatic N) is 4. The molecule has 0 atom stereocenters. The first-order valence-electron chi connectivity index (χ1n) is 7.45. The van der Waals surface area contributed by atoms with E-state index in [-0.39, 0.29) is 12.5 Å². The number of nitrogens with one attached hydrogen (secondary N) is 1. The van der Waals surface area contributed by atoms with Crippen molar-refractivity contribution in [3.05, 3.63) is 36.2 Å². The Balaban J connectivity index is 1.62. The van der Waals surface area contributed by atoms with Gasteiger partial charge in [0.1, 0.15) is 6.33 Å². The molecule has 0 bridgehead atoms. The van der Waals surface area contributed by atoms with Crippen molar-refractivity contribution >= 4 is 5.91 Å². The Morgan fingerprint density at radius 2 is 2.00 bits per heavy atom. The molecule has 0 radical (unpaired) electrons. The molecule has 1 heterocycles. The van der Waals surface area contributed by atoms with Crippen LogP contribution in [0.1, 0.15) is 31.2 Å². The molecule has 116 valence electrons. The molecule has 1 aliphatic rings. The number of aliphatic hydroxyl groups is 1. The Labute approximate surface area is 128 Å². The number of aromatic nitrogens is 4. The zero-order valence-corrected chi connectivity index (χ0v) is 12.3. The van der Waals surface area contributed by atoms with Gasteiger partial charge < -0.3 is 10.4 Å². The van der Waals surface area contributed by atoms with E-state index in [4.69, 9.17) is 0 Å². The van der Waals surface area contributed by atoms with Gasteiger partial charge in [0, 0.05) is 0 Å². The third kappa shape index (κ3) is 3.14. The average molecular weight is 301 g/mol. The maximum absolute atomic E-state index is 12.2. The van der Waals surface area contributed by atoms with Gasteiger partial charge in [-0.3, -0.25) is 4.79 Å². The number of benzene rings is 1. The van der Waals surface area contributed by atoms with Gasteiger partial charge in [-0.25, -0.2) is 4.68 Å². The van der Waals surface area contributed by atoms with Gasteiger partial charge in [0.15, 0.2) is 0 Å². The first-order valence-corrected chi connectivity index (χ1v) is 7.45. The van der Waals surface area contributed by atoms with E-state index in [1.807, 2.05) is 24.3 Å². The normalized spacial score (nSPS) is 16.6. The van der Waals surface area contributed by atoms with Crippen LogP contribution in [-0.2, 0) is 11.2 Å². The molecule has 3 rings (SSSR count). The highest BCUT2D eigenvalue weighted by Crippen LogP contribution is 2.29. The van der Waals surface area contributed by atoms with Crippen molar-refractivity contribution in [2.24, 2.45) is 0 Å². The second-order valence-electron chi connectivity index (χ2n) is 5.79. The Hall–Kier alpha value is -2.28. The second kappa shape index (κ2) is 6.23. The lowest BCUT2D eigenvalue weighted by Gasteiger charge is -2.28. The fraction of sp³-hybridized carbons (Fsp3) is 0.467. The van der Waals surface area contributed by atoms with Crippen molar-refractivity contribution in [3.63, 3.8) is 0 Å². The van der Waals surface area contributed by atoms with Crippen molar-refractivity contribution < 1.29 is 9.90 Å². The molecule has 1 fully saturated rings. The summed E-state index contributed by atoms with van der Waals surface area (Å²) < 4.78 is 1.56. The van der Waals surface area contributed by atoms with Gasteiger partial charge in [-0.2, -0.15) is 0 Å². The summed E-state index contributed by atoms with van der Waals surface area (Å²) in [5, 5.41) is 23.5. The van der Waals surface area contributed by atoms with Gasteiger partial charge in [0.05, 0.1) is 24.3 Å². The zero-order chi connectivity index (χ0) is 15.4. The third-order valence-electron chi connectivity index (χ3n) is 4.18. The Morgan fingerprint density at radius 3 is 2.59 bits per heavy atom. The molecule has 7 heteroatoms. The van der Waals surface area contributed by atoms with Crippen molar-refractivity contribution in [2.45, 2.75) is 37.6 Å². The van der Waals surface area contributed by atoms with Crippen LogP contribution in [0.15, 0.2) is 30.6 Å². The molecule has 1 saturated carbocycles. The monoisotopic (exact) mass is 301 g/mol. The minimum absolute atomic E-state index is 0.0109. The minimum atomic E-state index is -0.413. The second-order valence-corrected chi connectivity index (χ2v) is 5.79. The molecule has 1 aromatic carbocycles. The van der Waals surface area contributed by atoms with Crippen LogP contribution in [0.4, 0.5) is 0 Å². The summed E-state index contributed by atoms with van der Waals surface area (Å²) in [6.45, 7) is 0.0109. The molecular formula is C15H19N5O2. The molecule has 0 saturated heterocycles.